The van der Waals surface area contributed by atoms with E-state index in [1.165, 1.54) is 32.1 Å². The molecule has 0 radical (unpaired) electrons. The van der Waals surface area contributed by atoms with Gasteiger partial charge in [-0.25, -0.2) is 0 Å². The highest BCUT2D eigenvalue weighted by atomic mass is 16.1. The van der Waals surface area contributed by atoms with Crippen LogP contribution in [0, 0.1) is 11.8 Å². The lowest BCUT2D eigenvalue weighted by molar-refractivity contribution is -0.119. The predicted octanol–water partition coefficient (Wildman–Crippen LogP) is 1.54. The molecule has 2 N–H and O–H groups in total. The zero-order chi connectivity index (χ0) is 11.1. The molecular formula is C12H24N2O. The predicted molar refractivity (Wildman–Crippen MR) is 62.7 cm³/mol. The second-order valence-corrected chi connectivity index (χ2v) is 4.60. The van der Waals surface area contributed by atoms with Gasteiger partial charge in [0.15, 0.2) is 0 Å². The van der Waals surface area contributed by atoms with Gasteiger partial charge in [-0.1, -0.05) is 26.2 Å². The van der Waals surface area contributed by atoms with Crippen LogP contribution in [0.5, 0.6) is 0 Å². The molecule has 0 spiro atoms. The van der Waals surface area contributed by atoms with Crippen LogP contribution in [-0.4, -0.2) is 26.0 Å². The third-order valence-electron chi connectivity index (χ3n) is 3.54. The topological polar surface area (TPSA) is 41.1 Å². The van der Waals surface area contributed by atoms with Crippen LogP contribution in [0.3, 0.4) is 0 Å². The molecule has 0 aromatic rings. The molecule has 0 bridgehead atoms. The van der Waals surface area contributed by atoms with Crippen molar-refractivity contribution >= 4 is 5.91 Å². The fourth-order valence-electron chi connectivity index (χ4n) is 2.32. The van der Waals surface area contributed by atoms with Crippen molar-refractivity contribution in [2.45, 2.75) is 39.0 Å². The van der Waals surface area contributed by atoms with E-state index in [4.69, 9.17) is 0 Å². The van der Waals surface area contributed by atoms with E-state index in [0.717, 1.165) is 18.4 Å². The number of hydrogen-bond donors (Lipinski definition) is 2. The van der Waals surface area contributed by atoms with Gasteiger partial charge in [-0.2, -0.15) is 0 Å². The summed E-state index contributed by atoms with van der Waals surface area (Å²) in [6, 6.07) is 0. The summed E-state index contributed by atoms with van der Waals surface area (Å²) in [5.74, 6) is 1.83. The summed E-state index contributed by atoms with van der Waals surface area (Å²) in [7, 11) is 1.68. The lowest BCUT2D eigenvalue weighted by atomic mass is 9.81. The van der Waals surface area contributed by atoms with Crippen molar-refractivity contribution in [2.24, 2.45) is 11.8 Å². The molecule has 0 unspecified atom stereocenters. The van der Waals surface area contributed by atoms with Crippen LogP contribution in [0.4, 0.5) is 0 Å². The molecule has 0 aliphatic heterocycles. The Morgan fingerprint density at radius 2 is 1.80 bits per heavy atom. The largest absolute Gasteiger partial charge is 0.358 e. The van der Waals surface area contributed by atoms with Crippen molar-refractivity contribution in [3.63, 3.8) is 0 Å². The summed E-state index contributed by atoms with van der Waals surface area (Å²) in [5.41, 5.74) is 0. The molecule has 0 heterocycles. The molecule has 0 aromatic heterocycles. The van der Waals surface area contributed by atoms with Gasteiger partial charge in [-0.3, -0.25) is 4.79 Å². The highest BCUT2D eigenvalue weighted by Gasteiger charge is 2.19. The third kappa shape index (κ3) is 4.65. The van der Waals surface area contributed by atoms with Gasteiger partial charge in [0.2, 0.25) is 5.91 Å². The quantitative estimate of drug-likeness (QED) is 0.726. The fourth-order valence-corrected chi connectivity index (χ4v) is 2.32. The van der Waals surface area contributed by atoms with Crippen molar-refractivity contribution in [2.75, 3.05) is 20.1 Å². The second kappa shape index (κ2) is 6.83. The Kier molecular flexibility index (Phi) is 5.69. The molecule has 0 atom stereocenters. The van der Waals surface area contributed by atoms with Gasteiger partial charge in [0, 0.05) is 7.05 Å². The Balaban J connectivity index is 2.06. The Morgan fingerprint density at radius 3 is 2.33 bits per heavy atom. The zero-order valence-electron chi connectivity index (χ0n) is 10.0. The van der Waals surface area contributed by atoms with E-state index >= 15 is 0 Å². The summed E-state index contributed by atoms with van der Waals surface area (Å²) in [6.45, 7) is 3.75. The van der Waals surface area contributed by atoms with E-state index in [2.05, 4.69) is 17.6 Å². The molecule has 0 saturated heterocycles. The Hall–Kier alpha value is -0.570. The minimum Gasteiger partial charge on any atom is -0.358 e. The van der Waals surface area contributed by atoms with E-state index < -0.39 is 0 Å². The Morgan fingerprint density at radius 1 is 1.20 bits per heavy atom. The maximum atomic E-state index is 11.0. The summed E-state index contributed by atoms with van der Waals surface area (Å²) in [6.07, 6.45) is 6.75. The summed E-state index contributed by atoms with van der Waals surface area (Å²) < 4.78 is 0. The summed E-state index contributed by atoms with van der Waals surface area (Å²) in [4.78, 5) is 11.0. The molecule has 1 aliphatic rings. The van der Waals surface area contributed by atoms with Crippen LogP contribution in [0.1, 0.15) is 39.0 Å². The minimum absolute atomic E-state index is 0.0808. The van der Waals surface area contributed by atoms with E-state index in [1.54, 1.807) is 7.05 Å². The van der Waals surface area contributed by atoms with E-state index in [0.29, 0.717) is 6.54 Å². The number of rotatable bonds is 5. The average Bonchev–Trinajstić information content (AvgIpc) is 2.29. The standard InChI is InChI=1S/C12H24N2O/c1-3-10-4-6-11(7-5-10)8-14-9-12(15)13-2/h10-11,14H,3-9H2,1-2H3,(H,13,15). The first kappa shape index (κ1) is 12.5. The number of hydrogen-bond acceptors (Lipinski definition) is 2. The molecule has 1 amide bonds. The van der Waals surface area contributed by atoms with Crippen LogP contribution >= 0.6 is 0 Å². The van der Waals surface area contributed by atoms with Gasteiger partial charge in [0.25, 0.3) is 0 Å². The number of nitrogens with one attached hydrogen (secondary N) is 2. The first-order valence-electron chi connectivity index (χ1n) is 6.17. The molecule has 3 heteroatoms. The van der Waals surface area contributed by atoms with Crippen LogP contribution in [0.2, 0.25) is 0 Å². The highest BCUT2D eigenvalue weighted by molar-refractivity contribution is 5.77. The number of carbonyl (C=O) groups is 1. The molecule has 3 nitrogen and oxygen atoms in total. The van der Waals surface area contributed by atoms with Crippen molar-refractivity contribution in [1.29, 1.82) is 0 Å². The van der Waals surface area contributed by atoms with E-state index in [9.17, 15) is 4.79 Å². The fraction of sp³-hybridized carbons (Fsp3) is 0.917. The number of likely N-dealkylation sites (N-methyl/N-ethyl adjacent to an activating group) is 1. The van der Waals surface area contributed by atoms with Gasteiger partial charge >= 0.3 is 0 Å². The first-order chi connectivity index (χ1) is 7.26. The molecule has 88 valence electrons. The van der Waals surface area contributed by atoms with Gasteiger partial charge in [-0.15, -0.1) is 0 Å². The monoisotopic (exact) mass is 212 g/mol. The normalized spacial score (nSPS) is 26.3. The Bertz CT molecular complexity index is 186. The maximum absolute atomic E-state index is 11.0. The van der Waals surface area contributed by atoms with Gasteiger partial charge in [0.05, 0.1) is 6.54 Å². The van der Waals surface area contributed by atoms with E-state index in [1.807, 2.05) is 0 Å². The van der Waals surface area contributed by atoms with Gasteiger partial charge in [0.1, 0.15) is 0 Å². The van der Waals surface area contributed by atoms with Crippen molar-refractivity contribution in [3.05, 3.63) is 0 Å². The SMILES string of the molecule is CCC1CCC(CNCC(=O)NC)CC1. The molecule has 15 heavy (non-hydrogen) atoms. The van der Waals surface area contributed by atoms with E-state index in [-0.39, 0.29) is 5.91 Å². The van der Waals surface area contributed by atoms with Gasteiger partial charge in [-0.05, 0) is 31.2 Å². The second-order valence-electron chi connectivity index (χ2n) is 4.60. The first-order valence-corrected chi connectivity index (χ1v) is 6.17. The van der Waals surface area contributed by atoms with Crippen LogP contribution in [0.15, 0.2) is 0 Å². The van der Waals surface area contributed by atoms with Crippen molar-refractivity contribution < 1.29 is 4.79 Å². The van der Waals surface area contributed by atoms with Crippen LogP contribution in [0.25, 0.3) is 0 Å². The summed E-state index contributed by atoms with van der Waals surface area (Å²) >= 11 is 0. The Labute approximate surface area is 93.0 Å². The van der Waals surface area contributed by atoms with Gasteiger partial charge < -0.3 is 10.6 Å². The molecule has 1 rings (SSSR count). The smallest absolute Gasteiger partial charge is 0.233 e. The molecule has 1 fully saturated rings. The number of carbonyl (C=O) groups excluding carboxylic acids is 1. The molecular weight excluding hydrogens is 188 g/mol. The van der Waals surface area contributed by atoms with Crippen molar-refractivity contribution in [3.8, 4) is 0 Å². The van der Waals surface area contributed by atoms with Crippen LogP contribution in [-0.2, 0) is 4.79 Å². The maximum Gasteiger partial charge on any atom is 0.233 e. The minimum atomic E-state index is 0.0808. The average molecular weight is 212 g/mol. The third-order valence-corrected chi connectivity index (χ3v) is 3.54. The molecule has 1 aliphatic carbocycles. The lowest BCUT2D eigenvalue weighted by Crippen LogP contribution is -2.35. The zero-order valence-corrected chi connectivity index (χ0v) is 10.0. The molecule has 0 aromatic carbocycles. The highest BCUT2D eigenvalue weighted by Crippen LogP contribution is 2.29. The lowest BCUT2D eigenvalue weighted by Gasteiger charge is -2.27. The van der Waals surface area contributed by atoms with Crippen molar-refractivity contribution in [1.82, 2.24) is 10.6 Å². The number of amides is 1. The summed E-state index contributed by atoms with van der Waals surface area (Å²) in [5, 5.41) is 5.84. The van der Waals surface area contributed by atoms with Crippen LogP contribution < -0.4 is 10.6 Å². The molecule has 1 saturated carbocycles.